The van der Waals surface area contributed by atoms with Crippen LogP contribution in [-0.2, 0) is 6.42 Å². The molecule has 94 valence electrons. The van der Waals surface area contributed by atoms with Crippen LogP contribution in [0.3, 0.4) is 0 Å². The molecule has 3 heteroatoms. The first kappa shape index (κ1) is 13.1. The van der Waals surface area contributed by atoms with Crippen LogP contribution in [0.1, 0.15) is 22.8 Å². The summed E-state index contributed by atoms with van der Waals surface area (Å²) in [6, 6.07) is 11.7. The van der Waals surface area contributed by atoms with Gasteiger partial charge in [0.15, 0.2) is 0 Å². The average Bonchev–Trinajstić information content (AvgIpc) is 2.32. The van der Waals surface area contributed by atoms with Gasteiger partial charge in [0.2, 0.25) is 0 Å². The molecule has 1 atom stereocenters. The number of benzene rings is 2. The minimum atomic E-state index is -0.677. The predicted molar refractivity (Wildman–Crippen MR) is 71.3 cm³/mol. The Morgan fingerprint density at radius 1 is 1.17 bits per heavy atom. The summed E-state index contributed by atoms with van der Waals surface area (Å²) in [6.07, 6.45) is -0.258. The summed E-state index contributed by atoms with van der Waals surface area (Å²) in [5, 5.41) is 10.7. The van der Waals surface area contributed by atoms with E-state index in [2.05, 4.69) is 0 Å². The maximum Gasteiger partial charge on any atom is 0.123 e. The summed E-state index contributed by atoms with van der Waals surface area (Å²) >= 11 is 6.10. The lowest BCUT2D eigenvalue weighted by molar-refractivity contribution is 0.178. The molecular formula is C15H14ClFO. The number of hydrogen-bond acceptors (Lipinski definition) is 1. The normalized spacial score (nSPS) is 12.4. The molecule has 2 aromatic rings. The van der Waals surface area contributed by atoms with Crippen LogP contribution >= 0.6 is 11.6 Å². The maximum atomic E-state index is 12.8. The predicted octanol–water partition coefficient (Wildman–Crippen LogP) is 4.06. The minimum absolute atomic E-state index is 0.276. The number of aryl methyl sites for hydroxylation is 1. The zero-order chi connectivity index (χ0) is 13.1. The lowest BCUT2D eigenvalue weighted by Gasteiger charge is -2.13. The molecule has 2 rings (SSSR count). The average molecular weight is 265 g/mol. The fourth-order valence-corrected chi connectivity index (χ4v) is 2.22. The molecule has 0 spiro atoms. The van der Waals surface area contributed by atoms with E-state index in [0.29, 0.717) is 17.0 Å². The van der Waals surface area contributed by atoms with E-state index in [4.69, 9.17) is 11.6 Å². The van der Waals surface area contributed by atoms with Gasteiger partial charge in [-0.2, -0.15) is 0 Å². The van der Waals surface area contributed by atoms with Crippen LogP contribution in [0.25, 0.3) is 0 Å². The number of rotatable bonds is 3. The van der Waals surface area contributed by atoms with E-state index in [0.717, 1.165) is 11.1 Å². The van der Waals surface area contributed by atoms with Gasteiger partial charge in [-0.1, -0.05) is 35.9 Å². The highest BCUT2D eigenvalue weighted by Crippen LogP contribution is 2.26. The Kier molecular flexibility index (Phi) is 4.00. The van der Waals surface area contributed by atoms with Crippen LogP contribution in [0, 0.1) is 12.7 Å². The van der Waals surface area contributed by atoms with Gasteiger partial charge >= 0.3 is 0 Å². The summed E-state index contributed by atoms with van der Waals surface area (Å²) in [5.41, 5.74) is 2.63. The molecule has 1 nitrogen and oxygen atoms in total. The SMILES string of the molecule is Cc1ccc(C(O)Cc2ccc(F)cc2)c(Cl)c1. The zero-order valence-electron chi connectivity index (χ0n) is 10.0. The van der Waals surface area contributed by atoms with E-state index in [1.54, 1.807) is 12.1 Å². The second-order valence-electron chi connectivity index (χ2n) is 4.37. The van der Waals surface area contributed by atoms with Gasteiger partial charge in [-0.25, -0.2) is 4.39 Å². The molecule has 0 saturated carbocycles. The van der Waals surface area contributed by atoms with Gasteiger partial charge in [0, 0.05) is 11.4 Å². The van der Waals surface area contributed by atoms with Crippen LogP contribution in [-0.4, -0.2) is 5.11 Å². The van der Waals surface area contributed by atoms with Crippen LogP contribution in [0.2, 0.25) is 5.02 Å². The number of aliphatic hydroxyl groups excluding tert-OH is 1. The lowest BCUT2D eigenvalue weighted by atomic mass is 10.0. The van der Waals surface area contributed by atoms with Crippen LogP contribution in [0.5, 0.6) is 0 Å². The van der Waals surface area contributed by atoms with Crippen molar-refractivity contribution in [3.63, 3.8) is 0 Å². The van der Waals surface area contributed by atoms with Crippen LogP contribution in [0.15, 0.2) is 42.5 Å². The van der Waals surface area contributed by atoms with Crippen molar-refractivity contribution in [2.45, 2.75) is 19.4 Å². The third-order valence-electron chi connectivity index (χ3n) is 2.86. The number of aliphatic hydroxyl groups is 1. The van der Waals surface area contributed by atoms with Gasteiger partial charge < -0.3 is 5.11 Å². The summed E-state index contributed by atoms with van der Waals surface area (Å²) in [4.78, 5) is 0. The summed E-state index contributed by atoms with van der Waals surface area (Å²) < 4.78 is 12.8. The molecule has 1 unspecified atom stereocenters. The van der Waals surface area contributed by atoms with Crippen molar-refractivity contribution in [1.29, 1.82) is 0 Å². The zero-order valence-corrected chi connectivity index (χ0v) is 10.8. The molecule has 0 aliphatic heterocycles. The molecule has 0 aliphatic carbocycles. The maximum absolute atomic E-state index is 12.8. The monoisotopic (exact) mass is 264 g/mol. The van der Waals surface area contributed by atoms with Gasteiger partial charge in [-0.3, -0.25) is 0 Å². The van der Waals surface area contributed by atoms with Crippen molar-refractivity contribution in [2.24, 2.45) is 0 Å². The molecule has 0 amide bonds. The van der Waals surface area contributed by atoms with E-state index in [1.165, 1.54) is 12.1 Å². The highest BCUT2D eigenvalue weighted by Gasteiger charge is 2.12. The van der Waals surface area contributed by atoms with E-state index in [9.17, 15) is 9.50 Å². The van der Waals surface area contributed by atoms with Gasteiger partial charge in [-0.05, 0) is 41.8 Å². The van der Waals surface area contributed by atoms with Crippen molar-refractivity contribution >= 4 is 11.6 Å². The second-order valence-corrected chi connectivity index (χ2v) is 4.78. The molecule has 0 saturated heterocycles. The molecule has 1 N–H and O–H groups in total. The molecule has 0 fully saturated rings. The van der Waals surface area contributed by atoms with Crippen molar-refractivity contribution in [3.05, 3.63) is 70.0 Å². The summed E-state index contributed by atoms with van der Waals surface area (Å²) in [6.45, 7) is 1.95. The lowest BCUT2D eigenvalue weighted by Crippen LogP contribution is -2.02. The fourth-order valence-electron chi connectivity index (χ4n) is 1.86. The van der Waals surface area contributed by atoms with E-state index in [1.807, 2.05) is 25.1 Å². The van der Waals surface area contributed by atoms with Gasteiger partial charge in [-0.15, -0.1) is 0 Å². The Labute approximate surface area is 111 Å². The number of halogens is 2. The Hall–Kier alpha value is -1.38. The Morgan fingerprint density at radius 3 is 2.44 bits per heavy atom. The van der Waals surface area contributed by atoms with Crippen LogP contribution in [0.4, 0.5) is 4.39 Å². The fraction of sp³-hybridized carbons (Fsp3) is 0.200. The van der Waals surface area contributed by atoms with E-state index in [-0.39, 0.29) is 5.82 Å². The highest BCUT2D eigenvalue weighted by atomic mass is 35.5. The molecule has 0 aliphatic rings. The Balaban J connectivity index is 2.16. The number of hydrogen-bond donors (Lipinski definition) is 1. The van der Waals surface area contributed by atoms with Gasteiger partial charge in [0.1, 0.15) is 5.82 Å². The first-order chi connectivity index (χ1) is 8.56. The Bertz CT molecular complexity index is 537. The summed E-state index contributed by atoms with van der Waals surface area (Å²) in [7, 11) is 0. The standard InChI is InChI=1S/C15H14ClFO/c1-10-2-7-13(14(16)8-10)15(18)9-11-3-5-12(17)6-4-11/h2-8,15,18H,9H2,1H3. The molecule has 0 aromatic heterocycles. The molecular weight excluding hydrogens is 251 g/mol. The summed E-state index contributed by atoms with van der Waals surface area (Å²) in [5.74, 6) is -0.276. The highest BCUT2D eigenvalue weighted by molar-refractivity contribution is 6.31. The molecule has 2 aromatic carbocycles. The largest absolute Gasteiger partial charge is 0.388 e. The molecule has 0 radical (unpaired) electrons. The van der Waals surface area contributed by atoms with Crippen LogP contribution < -0.4 is 0 Å². The topological polar surface area (TPSA) is 20.2 Å². The van der Waals surface area contributed by atoms with Gasteiger partial charge in [0.05, 0.1) is 6.10 Å². The van der Waals surface area contributed by atoms with Crippen molar-refractivity contribution in [2.75, 3.05) is 0 Å². The molecule has 0 bridgehead atoms. The second kappa shape index (κ2) is 5.51. The Morgan fingerprint density at radius 2 is 1.83 bits per heavy atom. The third-order valence-corrected chi connectivity index (χ3v) is 3.18. The van der Waals surface area contributed by atoms with Crippen molar-refractivity contribution in [1.82, 2.24) is 0 Å². The molecule has 18 heavy (non-hydrogen) atoms. The third kappa shape index (κ3) is 3.09. The smallest absolute Gasteiger partial charge is 0.123 e. The van der Waals surface area contributed by atoms with Crippen molar-refractivity contribution < 1.29 is 9.50 Å². The van der Waals surface area contributed by atoms with E-state index >= 15 is 0 Å². The van der Waals surface area contributed by atoms with Gasteiger partial charge in [0.25, 0.3) is 0 Å². The minimum Gasteiger partial charge on any atom is -0.388 e. The first-order valence-electron chi connectivity index (χ1n) is 5.75. The molecule has 0 heterocycles. The van der Waals surface area contributed by atoms with E-state index < -0.39 is 6.10 Å². The van der Waals surface area contributed by atoms with Crippen molar-refractivity contribution in [3.8, 4) is 0 Å². The quantitative estimate of drug-likeness (QED) is 0.886. The first-order valence-corrected chi connectivity index (χ1v) is 6.12.